The second kappa shape index (κ2) is 5.52. The molecule has 0 atom stereocenters. The first-order valence-electron chi connectivity index (χ1n) is 6.31. The van der Waals surface area contributed by atoms with Gasteiger partial charge < -0.3 is 5.11 Å². The second-order valence-electron chi connectivity index (χ2n) is 4.71. The Balaban J connectivity index is 1.64. The first-order chi connectivity index (χ1) is 10.1. The van der Waals surface area contributed by atoms with Crippen LogP contribution in [0.15, 0.2) is 12.4 Å². The van der Waals surface area contributed by atoms with Gasteiger partial charge in [0.15, 0.2) is 5.69 Å². The summed E-state index contributed by atoms with van der Waals surface area (Å²) >= 11 is 1.11. The maximum atomic E-state index is 11.9. The zero-order valence-corrected chi connectivity index (χ0v) is 11.6. The summed E-state index contributed by atoms with van der Waals surface area (Å²) in [5.41, 5.74) is -0.187. The standard InChI is InChI=1S/C12H11N5O3S/c18-10(7-4-14-8(5-13-7)11(19)20)16-12-15-9(17-21-12)3-6-1-2-6/h4-6H,1-3H2,(H,19,20)(H,15,16,17,18). The van der Waals surface area contributed by atoms with E-state index in [2.05, 4.69) is 24.6 Å². The molecule has 21 heavy (non-hydrogen) atoms. The van der Waals surface area contributed by atoms with Crippen molar-refractivity contribution in [2.45, 2.75) is 19.3 Å². The predicted molar refractivity (Wildman–Crippen MR) is 73.3 cm³/mol. The van der Waals surface area contributed by atoms with Crippen LogP contribution in [0.5, 0.6) is 0 Å². The largest absolute Gasteiger partial charge is 0.476 e. The fourth-order valence-electron chi connectivity index (χ4n) is 1.68. The van der Waals surface area contributed by atoms with E-state index in [1.807, 2.05) is 0 Å². The number of hydrogen-bond donors (Lipinski definition) is 2. The molecule has 2 aromatic heterocycles. The molecule has 1 amide bonds. The van der Waals surface area contributed by atoms with Crippen molar-refractivity contribution in [3.05, 3.63) is 29.6 Å². The molecule has 0 spiro atoms. The Bertz CT molecular complexity index is 680. The van der Waals surface area contributed by atoms with Crippen LogP contribution >= 0.6 is 11.5 Å². The van der Waals surface area contributed by atoms with E-state index in [1.165, 1.54) is 12.8 Å². The van der Waals surface area contributed by atoms with Gasteiger partial charge in [0.05, 0.1) is 12.4 Å². The normalized spacial score (nSPS) is 13.9. The van der Waals surface area contributed by atoms with Gasteiger partial charge >= 0.3 is 5.97 Å². The van der Waals surface area contributed by atoms with Gasteiger partial charge in [-0.3, -0.25) is 10.1 Å². The molecule has 2 N–H and O–H groups in total. The van der Waals surface area contributed by atoms with E-state index in [0.717, 1.165) is 36.2 Å². The van der Waals surface area contributed by atoms with Gasteiger partial charge in [-0.1, -0.05) is 0 Å². The number of amides is 1. The molecule has 3 rings (SSSR count). The molecule has 108 valence electrons. The fourth-order valence-corrected chi connectivity index (χ4v) is 2.28. The highest BCUT2D eigenvalue weighted by atomic mass is 32.1. The molecule has 2 heterocycles. The number of nitrogens with zero attached hydrogens (tertiary/aromatic N) is 4. The average molecular weight is 305 g/mol. The summed E-state index contributed by atoms with van der Waals surface area (Å²) in [6.07, 6.45) is 5.43. The van der Waals surface area contributed by atoms with Crippen molar-refractivity contribution in [3.63, 3.8) is 0 Å². The van der Waals surface area contributed by atoms with E-state index in [9.17, 15) is 9.59 Å². The van der Waals surface area contributed by atoms with E-state index >= 15 is 0 Å². The van der Waals surface area contributed by atoms with Crippen molar-refractivity contribution < 1.29 is 14.7 Å². The molecule has 8 nitrogen and oxygen atoms in total. The van der Waals surface area contributed by atoms with Crippen molar-refractivity contribution in [1.82, 2.24) is 19.3 Å². The molecule has 9 heteroatoms. The number of carbonyl (C=O) groups excluding carboxylic acids is 1. The third-order valence-corrected chi connectivity index (χ3v) is 3.63. The van der Waals surface area contributed by atoms with E-state index in [-0.39, 0.29) is 11.4 Å². The molecule has 1 aliphatic rings. The minimum Gasteiger partial charge on any atom is -0.476 e. The quantitative estimate of drug-likeness (QED) is 0.852. The van der Waals surface area contributed by atoms with Crippen LogP contribution in [0, 0.1) is 5.92 Å². The zero-order chi connectivity index (χ0) is 14.8. The molecule has 0 bridgehead atoms. The van der Waals surface area contributed by atoms with E-state index in [4.69, 9.17) is 5.11 Å². The van der Waals surface area contributed by atoms with Gasteiger partial charge in [-0.25, -0.2) is 19.7 Å². The Morgan fingerprint density at radius 3 is 2.62 bits per heavy atom. The first kappa shape index (κ1) is 13.6. The van der Waals surface area contributed by atoms with Gasteiger partial charge in [0.1, 0.15) is 11.5 Å². The molecule has 1 fully saturated rings. The lowest BCUT2D eigenvalue weighted by Crippen LogP contribution is -2.15. The van der Waals surface area contributed by atoms with Gasteiger partial charge in [0.25, 0.3) is 5.91 Å². The number of anilines is 1. The number of carbonyl (C=O) groups is 2. The topological polar surface area (TPSA) is 118 Å². The SMILES string of the molecule is O=C(O)c1cnc(C(=O)Nc2nc(CC3CC3)ns2)cn1. The van der Waals surface area contributed by atoms with Crippen molar-refractivity contribution in [2.75, 3.05) is 5.32 Å². The summed E-state index contributed by atoms with van der Waals surface area (Å²) in [5.74, 6) is -0.264. The molecule has 2 aromatic rings. The highest BCUT2D eigenvalue weighted by Gasteiger charge is 2.23. The number of carboxylic acid groups (broad SMARTS) is 1. The smallest absolute Gasteiger partial charge is 0.356 e. The lowest BCUT2D eigenvalue weighted by atomic mass is 10.3. The molecule has 0 saturated heterocycles. The number of aromatic carboxylic acids is 1. The highest BCUT2D eigenvalue weighted by molar-refractivity contribution is 7.09. The number of nitrogens with one attached hydrogen (secondary N) is 1. The van der Waals surface area contributed by atoms with Crippen LogP contribution in [0.1, 0.15) is 39.6 Å². The lowest BCUT2D eigenvalue weighted by molar-refractivity contribution is 0.0689. The Kier molecular flexibility index (Phi) is 3.57. The van der Waals surface area contributed by atoms with E-state index in [1.54, 1.807) is 0 Å². The number of hydrogen-bond acceptors (Lipinski definition) is 7. The van der Waals surface area contributed by atoms with Gasteiger partial charge in [-0.15, -0.1) is 0 Å². The molecule has 1 saturated carbocycles. The summed E-state index contributed by atoms with van der Waals surface area (Å²) in [6.45, 7) is 0. The monoisotopic (exact) mass is 305 g/mol. The minimum absolute atomic E-state index is 0.0268. The van der Waals surface area contributed by atoms with Crippen LogP contribution < -0.4 is 5.32 Å². The van der Waals surface area contributed by atoms with Crippen molar-refractivity contribution in [2.24, 2.45) is 5.92 Å². The zero-order valence-electron chi connectivity index (χ0n) is 10.8. The molecule has 1 aliphatic carbocycles. The van der Waals surface area contributed by atoms with Crippen LogP contribution in [0.2, 0.25) is 0 Å². The summed E-state index contributed by atoms with van der Waals surface area (Å²) in [5, 5.41) is 11.7. The van der Waals surface area contributed by atoms with Crippen LogP contribution in [-0.2, 0) is 6.42 Å². The van der Waals surface area contributed by atoms with Gasteiger partial charge in [-0.05, 0) is 18.8 Å². The second-order valence-corrected chi connectivity index (χ2v) is 5.46. The Morgan fingerprint density at radius 1 is 1.29 bits per heavy atom. The van der Waals surface area contributed by atoms with E-state index < -0.39 is 11.9 Å². The Labute approximate surface area is 123 Å². The predicted octanol–water partition coefficient (Wildman–Crippen LogP) is 1.23. The van der Waals surface area contributed by atoms with Crippen LogP contribution in [0.25, 0.3) is 0 Å². The van der Waals surface area contributed by atoms with Crippen LogP contribution in [-0.4, -0.2) is 36.3 Å². The summed E-state index contributed by atoms with van der Waals surface area (Å²) in [6, 6.07) is 0. The fraction of sp³-hybridized carbons (Fsp3) is 0.333. The Hall–Kier alpha value is -2.42. The van der Waals surface area contributed by atoms with E-state index in [0.29, 0.717) is 11.0 Å². The molecule has 0 aliphatic heterocycles. The maximum Gasteiger partial charge on any atom is 0.356 e. The third kappa shape index (κ3) is 3.37. The van der Waals surface area contributed by atoms with Crippen molar-refractivity contribution >= 4 is 28.5 Å². The molecular formula is C12H11N5O3S. The molecule has 0 aromatic carbocycles. The first-order valence-corrected chi connectivity index (χ1v) is 7.08. The van der Waals surface area contributed by atoms with Gasteiger partial charge in [0.2, 0.25) is 5.13 Å². The maximum absolute atomic E-state index is 11.9. The molecule has 0 radical (unpaired) electrons. The summed E-state index contributed by atoms with van der Waals surface area (Å²) < 4.78 is 4.18. The number of rotatable bonds is 5. The molecular weight excluding hydrogens is 294 g/mol. The van der Waals surface area contributed by atoms with Gasteiger partial charge in [0, 0.05) is 18.0 Å². The Morgan fingerprint density at radius 2 is 2.00 bits per heavy atom. The van der Waals surface area contributed by atoms with Gasteiger partial charge in [-0.2, -0.15) is 4.37 Å². The van der Waals surface area contributed by atoms with Crippen LogP contribution in [0.3, 0.4) is 0 Å². The molecule has 0 unspecified atom stereocenters. The van der Waals surface area contributed by atoms with Crippen LogP contribution in [0.4, 0.5) is 5.13 Å². The number of carboxylic acids is 1. The highest BCUT2D eigenvalue weighted by Crippen LogP contribution is 2.32. The summed E-state index contributed by atoms with van der Waals surface area (Å²) in [4.78, 5) is 34.2. The lowest BCUT2D eigenvalue weighted by Gasteiger charge is -2.00. The third-order valence-electron chi connectivity index (χ3n) is 2.96. The number of aromatic nitrogens is 4. The average Bonchev–Trinajstić information content (AvgIpc) is 3.18. The van der Waals surface area contributed by atoms with Crippen molar-refractivity contribution in [3.8, 4) is 0 Å². The van der Waals surface area contributed by atoms with Crippen molar-refractivity contribution in [1.29, 1.82) is 0 Å². The summed E-state index contributed by atoms with van der Waals surface area (Å²) in [7, 11) is 0. The minimum atomic E-state index is -1.19.